The number of hydrogen-bond acceptors (Lipinski definition) is 4. The predicted octanol–water partition coefficient (Wildman–Crippen LogP) is 4.22. The molecular weight excluding hydrogens is 382 g/mol. The standard InChI is InChI=1S/C23H21N3O2S/c1-16-17(2)29-23-24-13-20(22(28)26(16)23)21(27)25(14-18-9-5-3-6-10-18)15-19-11-7-4-8-12-19/h3-13H,14-15H2,1-2H3. The molecule has 0 saturated heterocycles. The van der Waals surface area contributed by atoms with Gasteiger partial charge in [-0.1, -0.05) is 60.7 Å². The first kappa shape index (κ1) is 19.1. The van der Waals surface area contributed by atoms with E-state index in [0.717, 1.165) is 21.7 Å². The number of carbonyl (C=O) groups excluding carboxylic acids is 1. The molecule has 5 nitrogen and oxygen atoms in total. The highest BCUT2D eigenvalue weighted by molar-refractivity contribution is 7.17. The summed E-state index contributed by atoms with van der Waals surface area (Å²) >= 11 is 1.45. The van der Waals surface area contributed by atoms with E-state index in [0.29, 0.717) is 18.1 Å². The van der Waals surface area contributed by atoms with Crippen LogP contribution in [0.2, 0.25) is 0 Å². The van der Waals surface area contributed by atoms with E-state index in [2.05, 4.69) is 4.98 Å². The molecule has 2 aromatic carbocycles. The number of aromatic nitrogens is 2. The molecule has 0 unspecified atom stereocenters. The van der Waals surface area contributed by atoms with Crippen LogP contribution in [0.15, 0.2) is 71.7 Å². The van der Waals surface area contributed by atoms with E-state index in [9.17, 15) is 9.59 Å². The summed E-state index contributed by atoms with van der Waals surface area (Å²) in [5.41, 5.74) is 2.63. The number of benzene rings is 2. The van der Waals surface area contributed by atoms with Gasteiger partial charge < -0.3 is 4.90 Å². The quantitative estimate of drug-likeness (QED) is 0.501. The summed E-state index contributed by atoms with van der Waals surface area (Å²) in [6.07, 6.45) is 1.42. The summed E-state index contributed by atoms with van der Waals surface area (Å²) in [6.45, 7) is 4.66. The first-order chi connectivity index (χ1) is 14.0. The number of rotatable bonds is 5. The molecule has 4 aromatic rings. The molecular formula is C23H21N3O2S. The van der Waals surface area contributed by atoms with Gasteiger partial charge in [0.2, 0.25) is 0 Å². The Balaban J connectivity index is 1.74. The van der Waals surface area contributed by atoms with Gasteiger partial charge in [-0.05, 0) is 25.0 Å². The second-order valence-corrected chi connectivity index (χ2v) is 8.15. The molecule has 0 aliphatic heterocycles. The first-order valence-electron chi connectivity index (χ1n) is 9.39. The van der Waals surface area contributed by atoms with Crippen molar-refractivity contribution in [2.24, 2.45) is 0 Å². The number of aryl methyl sites for hydroxylation is 2. The van der Waals surface area contributed by atoms with Gasteiger partial charge in [-0.25, -0.2) is 4.98 Å². The van der Waals surface area contributed by atoms with Crippen LogP contribution in [0.5, 0.6) is 0 Å². The van der Waals surface area contributed by atoms with Crippen LogP contribution in [0, 0.1) is 13.8 Å². The van der Waals surface area contributed by atoms with E-state index in [1.54, 1.807) is 4.90 Å². The molecule has 146 valence electrons. The second kappa shape index (κ2) is 8.01. The van der Waals surface area contributed by atoms with Gasteiger partial charge in [-0.15, -0.1) is 11.3 Å². The van der Waals surface area contributed by atoms with Crippen LogP contribution < -0.4 is 5.56 Å². The highest BCUT2D eigenvalue weighted by Crippen LogP contribution is 2.19. The third-order valence-electron chi connectivity index (χ3n) is 4.97. The van der Waals surface area contributed by atoms with Crippen molar-refractivity contribution in [3.05, 3.63) is 104 Å². The normalized spacial score (nSPS) is 11.0. The fourth-order valence-electron chi connectivity index (χ4n) is 3.30. The molecule has 29 heavy (non-hydrogen) atoms. The van der Waals surface area contributed by atoms with Crippen molar-refractivity contribution in [1.29, 1.82) is 0 Å². The molecule has 2 heterocycles. The average Bonchev–Trinajstić information content (AvgIpc) is 3.03. The number of fused-ring (bicyclic) bond motifs is 1. The zero-order valence-electron chi connectivity index (χ0n) is 16.3. The average molecular weight is 404 g/mol. The Morgan fingerprint density at radius 1 is 0.966 bits per heavy atom. The minimum Gasteiger partial charge on any atom is -0.330 e. The van der Waals surface area contributed by atoms with Crippen molar-refractivity contribution < 1.29 is 4.79 Å². The molecule has 1 amide bonds. The van der Waals surface area contributed by atoms with E-state index >= 15 is 0 Å². The van der Waals surface area contributed by atoms with Crippen molar-refractivity contribution in [3.63, 3.8) is 0 Å². The van der Waals surface area contributed by atoms with Gasteiger partial charge >= 0.3 is 0 Å². The Bertz CT molecular complexity index is 1170. The lowest BCUT2D eigenvalue weighted by atomic mass is 10.1. The lowest BCUT2D eigenvalue weighted by Crippen LogP contribution is -2.35. The summed E-state index contributed by atoms with van der Waals surface area (Å²) in [7, 11) is 0. The number of carbonyl (C=O) groups is 1. The first-order valence-corrected chi connectivity index (χ1v) is 10.2. The highest BCUT2D eigenvalue weighted by atomic mass is 32.1. The maximum Gasteiger partial charge on any atom is 0.271 e. The lowest BCUT2D eigenvalue weighted by molar-refractivity contribution is 0.0727. The Labute approximate surface area is 172 Å². The number of thiazole rings is 1. The molecule has 0 aliphatic carbocycles. The molecule has 0 atom stereocenters. The molecule has 0 aliphatic rings. The number of hydrogen-bond donors (Lipinski definition) is 0. The van der Waals surface area contributed by atoms with E-state index < -0.39 is 0 Å². The molecule has 4 rings (SSSR count). The highest BCUT2D eigenvalue weighted by Gasteiger charge is 2.22. The van der Waals surface area contributed by atoms with Gasteiger partial charge in [0.15, 0.2) is 4.96 Å². The molecule has 0 saturated carbocycles. The molecule has 2 aromatic heterocycles. The summed E-state index contributed by atoms with van der Waals surface area (Å²) in [4.78, 5) is 34.2. The van der Waals surface area contributed by atoms with Crippen LogP contribution in [-0.4, -0.2) is 20.2 Å². The number of nitrogens with zero attached hydrogens (tertiary/aromatic N) is 3. The Morgan fingerprint density at radius 2 is 1.52 bits per heavy atom. The molecule has 0 radical (unpaired) electrons. The van der Waals surface area contributed by atoms with Crippen LogP contribution in [0.25, 0.3) is 4.96 Å². The van der Waals surface area contributed by atoms with Crippen molar-refractivity contribution in [3.8, 4) is 0 Å². The molecule has 0 N–H and O–H groups in total. The van der Waals surface area contributed by atoms with E-state index in [1.165, 1.54) is 21.9 Å². The van der Waals surface area contributed by atoms with E-state index in [-0.39, 0.29) is 17.0 Å². The van der Waals surface area contributed by atoms with Crippen molar-refractivity contribution in [2.45, 2.75) is 26.9 Å². The monoisotopic (exact) mass is 403 g/mol. The second-order valence-electron chi connectivity index (χ2n) is 6.97. The summed E-state index contributed by atoms with van der Waals surface area (Å²) in [6, 6.07) is 19.6. The Kier molecular flexibility index (Phi) is 5.27. The maximum absolute atomic E-state index is 13.4. The van der Waals surface area contributed by atoms with Crippen LogP contribution >= 0.6 is 11.3 Å². The topological polar surface area (TPSA) is 54.7 Å². The van der Waals surface area contributed by atoms with E-state index in [1.807, 2.05) is 74.5 Å². The fraction of sp³-hybridized carbons (Fsp3) is 0.174. The fourth-order valence-corrected chi connectivity index (χ4v) is 4.23. The van der Waals surface area contributed by atoms with Crippen LogP contribution in [0.3, 0.4) is 0 Å². The van der Waals surface area contributed by atoms with Crippen LogP contribution in [0.4, 0.5) is 0 Å². The molecule has 0 fully saturated rings. The van der Waals surface area contributed by atoms with Crippen molar-refractivity contribution in [2.75, 3.05) is 0 Å². The summed E-state index contributed by atoms with van der Waals surface area (Å²) in [5, 5.41) is 0. The minimum absolute atomic E-state index is 0.0928. The Morgan fingerprint density at radius 3 is 2.07 bits per heavy atom. The number of amides is 1. The van der Waals surface area contributed by atoms with Crippen molar-refractivity contribution >= 4 is 22.2 Å². The van der Waals surface area contributed by atoms with Gasteiger partial charge in [0.1, 0.15) is 5.56 Å². The van der Waals surface area contributed by atoms with Gasteiger partial charge in [0.25, 0.3) is 11.5 Å². The third kappa shape index (κ3) is 3.84. The van der Waals surface area contributed by atoms with Crippen LogP contribution in [0.1, 0.15) is 32.1 Å². The van der Waals surface area contributed by atoms with Gasteiger partial charge in [0, 0.05) is 29.9 Å². The lowest BCUT2D eigenvalue weighted by Gasteiger charge is -2.23. The molecule has 0 bridgehead atoms. The SMILES string of the molecule is Cc1sc2ncc(C(=O)N(Cc3ccccc3)Cc3ccccc3)c(=O)n2c1C. The predicted molar refractivity (Wildman–Crippen MR) is 115 cm³/mol. The maximum atomic E-state index is 13.4. The Hall–Kier alpha value is -3.25. The smallest absolute Gasteiger partial charge is 0.271 e. The summed E-state index contributed by atoms with van der Waals surface area (Å²) in [5.74, 6) is -0.312. The third-order valence-corrected chi connectivity index (χ3v) is 6.04. The molecule has 6 heteroatoms. The van der Waals surface area contributed by atoms with Crippen LogP contribution in [-0.2, 0) is 13.1 Å². The largest absolute Gasteiger partial charge is 0.330 e. The van der Waals surface area contributed by atoms with E-state index in [4.69, 9.17) is 0 Å². The van der Waals surface area contributed by atoms with Gasteiger partial charge in [-0.2, -0.15) is 0 Å². The van der Waals surface area contributed by atoms with Gasteiger partial charge in [0.05, 0.1) is 0 Å². The molecule has 0 spiro atoms. The minimum atomic E-state index is -0.312. The van der Waals surface area contributed by atoms with Gasteiger partial charge in [-0.3, -0.25) is 14.0 Å². The zero-order valence-corrected chi connectivity index (χ0v) is 17.1. The van der Waals surface area contributed by atoms with Crippen molar-refractivity contribution in [1.82, 2.24) is 14.3 Å². The summed E-state index contributed by atoms with van der Waals surface area (Å²) < 4.78 is 1.54. The zero-order chi connectivity index (χ0) is 20.4.